The van der Waals surface area contributed by atoms with E-state index in [0.29, 0.717) is 24.5 Å². The lowest BCUT2D eigenvalue weighted by Crippen LogP contribution is -2.25. The number of amides is 1. The molecule has 2 rings (SSSR count). The minimum Gasteiger partial charge on any atom is -0.481 e. The number of rotatable bonds is 3. The molecule has 1 unspecified atom stereocenters. The van der Waals surface area contributed by atoms with Crippen molar-refractivity contribution >= 4 is 23.2 Å². The summed E-state index contributed by atoms with van der Waals surface area (Å²) in [4.78, 5) is 17.3. The van der Waals surface area contributed by atoms with E-state index in [2.05, 4.69) is 4.98 Å². The lowest BCUT2D eigenvalue weighted by atomic mass is 10.1. The predicted molar refractivity (Wildman–Crippen MR) is 63.3 cm³/mol. The van der Waals surface area contributed by atoms with Crippen LogP contribution in [0.1, 0.15) is 6.42 Å². The van der Waals surface area contributed by atoms with Crippen LogP contribution in [-0.4, -0.2) is 36.3 Å². The zero-order valence-corrected chi connectivity index (χ0v) is 10.1. The molecule has 1 aliphatic heterocycles. The van der Waals surface area contributed by atoms with E-state index in [-0.39, 0.29) is 23.6 Å². The molecule has 2 heterocycles. The Morgan fingerprint density at radius 2 is 2.41 bits per heavy atom. The molecule has 1 atom stereocenters. The zero-order chi connectivity index (χ0) is 12.4. The van der Waals surface area contributed by atoms with Gasteiger partial charge in [0.05, 0.1) is 12.8 Å². The van der Waals surface area contributed by atoms with E-state index < -0.39 is 0 Å². The van der Waals surface area contributed by atoms with Crippen LogP contribution in [0.3, 0.4) is 0 Å². The van der Waals surface area contributed by atoms with Crippen LogP contribution in [-0.2, 0) is 4.79 Å². The number of aliphatic hydroxyl groups excluding tert-OH is 1. The van der Waals surface area contributed by atoms with Crippen LogP contribution >= 0.6 is 11.6 Å². The normalized spacial score (nSPS) is 19.8. The zero-order valence-electron chi connectivity index (χ0n) is 9.39. The Morgan fingerprint density at radius 3 is 2.94 bits per heavy atom. The average molecular weight is 257 g/mol. The molecule has 92 valence electrons. The quantitative estimate of drug-likeness (QED) is 0.823. The first-order valence-electron chi connectivity index (χ1n) is 5.27. The number of ether oxygens (including phenoxy) is 1. The Morgan fingerprint density at radius 1 is 1.65 bits per heavy atom. The second kappa shape index (κ2) is 4.89. The number of nitrogens with zero attached hydrogens (tertiary/aromatic N) is 2. The van der Waals surface area contributed by atoms with Gasteiger partial charge in [-0.2, -0.15) is 4.98 Å². The molecule has 5 nitrogen and oxygen atoms in total. The van der Waals surface area contributed by atoms with Crippen LogP contribution in [0.25, 0.3) is 0 Å². The van der Waals surface area contributed by atoms with Gasteiger partial charge in [-0.1, -0.05) is 11.6 Å². The molecule has 0 bridgehead atoms. The molecule has 1 N–H and O–H groups in total. The third-order valence-electron chi connectivity index (χ3n) is 2.77. The number of carbonyl (C=O) groups excluding carboxylic acids is 1. The molecule has 1 aliphatic rings. The van der Waals surface area contributed by atoms with Gasteiger partial charge in [0.1, 0.15) is 0 Å². The van der Waals surface area contributed by atoms with Crippen LogP contribution in [0.4, 0.5) is 5.69 Å². The van der Waals surface area contributed by atoms with Crippen molar-refractivity contribution in [2.45, 2.75) is 6.42 Å². The molecular weight excluding hydrogens is 244 g/mol. The monoisotopic (exact) mass is 256 g/mol. The van der Waals surface area contributed by atoms with Crippen LogP contribution < -0.4 is 9.64 Å². The van der Waals surface area contributed by atoms with E-state index in [1.165, 1.54) is 7.11 Å². The highest BCUT2D eigenvalue weighted by Crippen LogP contribution is 2.31. The highest BCUT2D eigenvalue weighted by molar-refractivity contribution is 6.32. The van der Waals surface area contributed by atoms with Gasteiger partial charge in [-0.05, 0) is 6.07 Å². The van der Waals surface area contributed by atoms with Crippen molar-refractivity contribution < 1.29 is 14.6 Å². The summed E-state index contributed by atoms with van der Waals surface area (Å²) >= 11 is 6.00. The second-order valence-corrected chi connectivity index (χ2v) is 4.28. The minimum atomic E-state index is -0.0436. The van der Waals surface area contributed by atoms with Gasteiger partial charge in [0, 0.05) is 31.6 Å². The highest BCUT2D eigenvalue weighted by Gasteiger charge is 2.31. The number of aromatic nitrogens is 1. The summed E-state index contributed by atoms with van der Waals surface area (Å²) < 4.78 is 4.94. The Labute approximate surface area is 104 Å². The van der Waals surface area contributed by atoms with Crippen molar-refractivity contribution in [1.82, 2.24) is 4.98 Å². The van der Waals surface area contributed by atoms with E-state index in [0.717, 1.165) is 0 Å². The molecule has 0 spiro atoms. The van der Waals surface area contributed by atoms with Crippen molar-refractivity contribution in [3.63, 3.8) is 0 Å². The van der Waals surface area contributed by atoms with E-state index >= 15 is 0 Å². The largest absolute Gasteiger partial charge is 0.481 e. The van der Waals surface area contributed by atoms with Crippen molar-refractivity contribution in [3.05, 3.63) is 17.3 Å². The molecule has 0 radical (unpaired) electrons. The van der Waals surface area contributed by atoms with Gasteiger partial charge in [-0.3, -0.25) is 4.79 Å². The van der Waals surface area contributed by atoms with Gasteiger partial charge in [-0.15, -0.1) is 0 Å². The fourth-order valence-corrected chi connectivity index (χ4v) is 2.11. The Kier molecular flexibility index (Phi) is 3.49. The standard InChI is InChI=1S/C11H13ClN2O3/c1-17-9-3-2-8(11(12)13-9)14-5-7(6-15)4-10(14)16/h2-3,7,15H,4-6H2,1H3. The Bertz CT molecular complexity index is 439. The van der Waals surface area contributed by atoms with Crippen LogP contribution in [0.15, 0.2) is 12.1 Å². The van der Waals surface area contributed by atoms with Gasteiger partial charge in [0.25, 0.3) is 0 Å². The molecule has 17 heavy (non-hydrogen) atoms. The number of hydrogen-bond donors (Lipinski definition) is 1. The lowest BCUT2D eigenvalue weighted by Gasteiger charge is -2.17. The summed E-state index contributed by atoms with van der Waals surface area (Å²) in [7, 11) is 1.50. The Hall–Kier alpha value is -1.33. The van der Waals surface area contributed by atoms with Crippen LogP contribution in [0.2, 0.25) is 5.15 Å². The molecule has 1 saturated heterocycles. The van der Waals surface area contributed by atoms with E-state index in [1.807, 2.05) is 0 Å². The fourth-order valence-electron chi connectivity index (χ4n) is 1.86. The molecule has 0 saturated carbocycles. The lowest BCUT2D eigenvalue weighted by molar-refractivity contribution is -0.117. The highest BCUT2D eigenvalue weighted by atomic mass is 35.5. The first kappa shape index (κ1) is 12.1. The number of pyridine rings is 1. The van der Waals surface area contributed by atoms with Gasteiger partial charge >= 0.3 is 0 Å². The molecule has 0 aliphatic carbocycles. The molecule has 1 amide bonds. The van der Waals surface area contributed by atoms with Gasteiger partial charge in [0.2, 0.25) is 11.8 Å². The maximum Gasteiger partial charge on any atom is 0.227 e. The molecule has 6 heteroatoms. The van der Waals surface area contributed by atoms with Gasteiger partial charge in [-0.25, -0.2) is 0 Å². The summed E-state index contributed by atoms with van der Waals surface area (Å²) in [6.07, 6.45) is 0.346. The third kappa shape index (κ3) is 2.35. The topological polar surface area (TPSA) is 62.7 Å². The number of carbonyl (C=O) groups is 1. The average Bonchev–Trinajstić information content (AvgIpc) is 2.70. The summed E-state index contributed by atoms with van der Waals surface area (Å²) in [5, 5.41) is 9.29. The SMILES string of the molecule is COc1ccc(N2CC(CO)CC2=O)c(Cl)n1. The van der Waals surface area contributed by atoms with Crippen LogP contribution in [0.5, 0.6) is 5.88 Å². The van der Waals surface area contributed by atoms with Gasteiger partial charge < -0.3 is 14.7 Å². The van der Waals surface area contributed by atoms with Gasteiger partial charge in [0.15, 0.2) is 5.15 Å². The maximum absolute atomic E-state index is 11.7. The molecule has 1 aromatic heterocycles. The number of methoxy groups -OCH3 is 1. The Balaban J connectivity index is 2.26. The summed E-state index contributed by atoms with van der Waals surface area (Å²) in [5.41, 5.74) is 0.563. The molecule has 1 fully saturated rings. The van der Waals surface area contributed by atoms with E-state index in [1.54, 1.807) is 17.0 Å². The second-order valence-electron chi connectivity index (χ2n) is 3.92. The third-order valence-corrected chi connectivity index (χ3v) is 3.04. The first-order chi connectivity index (χ1) is 8.15. The molecular formula is C11H13ClN2O3. The van der Waals surface area contributed by atoms with Crippen LogP contribution in [0, 0.1) is 5.92 Å². The molecule has 1 aromatic rings. The number of anilines is 1. The molecule has 0 aromatic carbocycles. The van der Waals surface area contributed by atoms with E-state index in [4.69, 9.17) is 21.4 Å². The summed E-state index contributed by atoms with van der Waals surface area (Å²) in [6, 6.07) is 3.35. The maximum atomic E-state index is 11.7. The predicted octanol–water partition coefficient (Wildman–Crippen LogP) is 1.09. The minimum absolute atomic E-state index is 0.00341. The fraction of sp³-hybridized carbons (Fsp3) is 0.455. The summed E-state index contributed by atoms with van der Waals surface area (Å²) in [5.74, 6) is 0.336. The summed E-state index contributed by atoms with van der Waals surface area (Å²) in [6.45, 7) is 0.479. The van der Waals surface area contributed by atoms with Crippen molar-refractivity contribution in [2.24, 2.45) is 5.92 Å². The van der Waals surface area contributed by atoms with Crippen molar-refractivity contribution in [2.75, 3.05) is 25.2 Å². The first-order valence-corrected chi connectivity index (χ1v) is 5.65. The van der Waals surface area contributed by atoms with E-state index in [9.17, 15) is 4.79 Å². The smallest absolute Gasteiger partial charge is 0.227 e. The van der Waals surface area contributed by atoms with Crippen molar-refractivity contribution in [3.8, 4) is 5.88 Å². The van der Waals surface area contributed by atoms with Crippen molar-refractivity contribution in [1.29, 1.82) is 0 Å². The number of halogens is 1. The number of hydrogen-bond acceptors (Lipinski definition) is 4. The number of aliphatic hydroxyl groups is 1.